The van der Waals surface area contributed by atoms with Crippen LogP contribution in [0.3, 0.4) is 0 Å². The Morgan fingerprint density at radius 1 is 1.12 bits per heavy atom. The molecule has 3 fully saturated rings. The number of hydrogen-bond acceptors (Lipinski definition) is 10. The first-order valence-electron chi connectivity index (χ1n) is 13.2. The summed E-state index contributed by atoms with van der Waals surface area (Å²) in [5.74, 6) is 0.331. The molecule has 1 saturated carbocycles. The summed E-state index contributed by atoms with van der Waals surface area (Å²) in [4.78, 5) is 4.23. The van der Waals surface area contributed by atoms with Crippen molar-refractivity contribution in [3.05, 3.63) is 47.2 Å². The Hall–Kier alpha value is -1.65. The summed E-state index contributed by atoms with van der Waals surface area (Å²) < 4.78 is 64.5. The van der Waals surface area contributed by atoms with Crippen molar-refractivity contribution in [2.75, 3.05) is 39.5 Å². The Kier molecular flexibility index (Phi) is 8.62. The summed E-state index contributed by atoms with van der Waals surface area (Å²) in [6, 6.07) is 7.69. The molecule has 40 heavy (non-hydrogen) atoms. The Labute approximate surface area is 243 Å². The minimum absolute atomic E-state index is 0.00812. The van der Waals surface area contributed by atoms with Crippen LogP contribution in [-0.4, -0.2) is 98.3 Å². The van der Waals surface area contributed by atoms with Crippen LogP contribution in [0.4, 0.5) is 0 Å². The van der Waals surface area contributed by atoms with Crippen LogP contribution in [0.1, 0.15) is 32.1 Å². The maximum Gasteiger partial charge on any atom is 0.244 e. The first-order valence-corrected chi connectivity index (χ1v) is 16.9. The van der Waals surface area contributed by atoms with E-state index in [2.05, 4.69) is 26.2 Å². The molecule has 220 valence electrons. The molecular weight excluding hydrogens is 626 g/mol. The molecule has 3 N–H and O–H groups in total. The Morgan fingerprint density at radius 3 is 2.55 bits per heavy atom. The normalized spacial score (nSPS) is 23.2. The second-order valence-corrected chi connectivity index (χ2v) is 16.0. The SMILES string of the molecule is O=S(=O)(c1cncc(Br)c1)N1CCC2(CC1)C[C@H](NCC(O)COc1cccc(S(=O)(=O)C3(CO)CC3)c1)CO2. The summed E-state index contributed by atoms with van der Waals surface area (Å²) in [5.41, 5.74) is -0.403. The molecule has 1 aliphatic carbocycles. The van der Waals surface area contributed by atoms with Crippen LogP contribution in [0, 0.1) is 0 Å². The lowest BCUT2D eigenvalue weighted by atomic mass is 9.88. The highest BCUT2D eigenvalue weighted by atomic mass is 79.9. The van der Waals surface area contributed by atoms with Crippen molar-refractivity contribution in [2.24, 2.45) is 0 Å². The number of benzene rings is 1. The van der Waals surface area contributed by atoms with Crippen LogP contribution in [0.2, 0.25) is 0 Å². The number of hydrogen-bond donors (Lipinski definition) is 3. The van der Waals surface area contributed by atoms with Crippen molar-refractivity contribution in [3.8, 4) is 5.75 Å². The summed E-state index contributed by atoms with van der Waals surface area (Å²) in [6.07, 6.45) is 4.80. The van der Waals surface area contributed by atoms with E-state index in [1.54, 1.807) is 24.4 Å². The highest BCUT2D eigenvalue weighted by Crippen LogP contribution is 2.46. The van der Waals surface area contributed by atoms with Gasteiger partial charge in [-0.3, -0.25) is 4.98 Å². The number of sulfonamides is 1. The molecule has 11 nitrogen and oxygen atoms in total. The first kappa shape index (κ1) is 29.8. The van der Waals surface area contributed by atoms with E-state index in [0.29, 0.717) is 62.0 Å². The average molecular weight is 661 g/mol. The number of aliphatic hydroxyl groups excluding tert-OH is 2. The molecule has 2 saturated heterocycles. The number of aliphatic hydroxyl groups is 2. The van der Waals surface area contributed by atoms with Crippen molar-refractivity contribution < 1.29 is 36.5 Å². The van der Waals surface area contributed by atoms with Crippen LogP contribution >= 0.6 is 15.9 Å². The number of aromatic nitrogens is 1. The smallest absolute Gasteiger partial charge is 0.244 e. The number of sulfone groups is 1. The number of nitrogens with zero attached hydrogens (tertiary/aromatic N) is 2. The van der Waals surface area contributed by atoms with Crippen LogP contribution in [0.15, 0.2) is 57.0 Å². The van der Waals surface area contributed by atoms with Gasteiger partial charge in [0.15, 0.2) is 9.84 Å². The first-order chi connectivity index (χ1) is 19.0. The molecule has 1 unspecified atom stereocenters. The molecule has 3 heterocycles. The molecular formula is C26H34BrN3O8S2. The van der Waals surface area contributed by atoms with E-state index in [9.17, 15) is 27.0 Å². The second-order valence-electron chi connectivity index (χ2n) is 10.8. The van der Waals surface area contributed by atoms with Crippen LogP contribution in [0.5, 0.6) is 5.75 Å². The summed E-state index contributed by atoms with van der Waals surface area (Å²) in [5, 5.41) is 23.3. The number of ether oxygens (including phenoxy) is 2. The Morgan fingerprint density at radius 2 is 1.88 bits per heavy atom. The maximum atomic E-state index is 13.0. The van der Waals surface area contributed by atoms with Crippen LogP contribution < -0.4 is 10.1 Å². The predicted octanol–water partition coefficient (Wildman–Crippen LogP) is 1.48. The van der Waals surface area contributed by atoms with Gasteiger partial charge in [-0.25, -0.2) is 16.8 Å². The molecule has 2 aliphatic heterocycles. The minimum Gasteiger partial charge on any atom is -0.491 e. The van der Waals surface area contributed by atoms with Crippen LogP contribution in [0.25, 0.3) is 0 Å². The number of rotatable bonds is 11. The van der Waals surface area contributed by atoms with E-state index < -0.39 is 42.9 Å². The summed E-state index contributed by atoms with van der Waals surface area (Å²) >= 11 is 3.27. The van der Waals surface area contributed by atoms with Gasteiger partial charge in [0.05, 0.1) is 28.5 Å². The van der Waals surface area contributed by atoms with Gasteiger partial charge in [-0.1, -0.05) is 6.07 Å². The zero-order valence-electron chi connectivity index (χ0n) is 21.9. The molecule has 0 amide bonds. The third-order valence-corrected chi connectivity index (χ3v) is 12.9. The molecule has 2 atom stereocenters. The monoisotopic (exact) mass is 659 g/mol. The molecule has 0 bridgehead atoms. The van der Waals surface area contributed by atoms with Crippen molar-refractivity contribution in [3.63, 3.8) is 0 Å². The molecule has 14 heteroatoms. The third-order valence-electron chi connectivity index (χ3n) is 8.03. The Bertz CT molecular complexity index is 1430. The van der Waals surface area contributed by atoms with Crippen molar-refractivity contribution in [1.29, 1.82) is 0 Å². The highest BCUT2D eigenvalue weighted by Gasteiger charge is 2.54. The largest absolute Gasteiger partial charge is 0.491 e. The van der Waals surface area contributed by atoms with E-state index in [0.717, 1.165) is 0 Å². The topological polar surface area (TPSA) is 155 Å². The van der Waals surface area contributed by atoms with Crippen molar-refractivity contribution >= 4 is 35.8 Å². The van der Waals surface area contributed by atoms with Gasteiger partial charge in [-0.2, -0.15) is 4.31 Å². The van der Waals surface area contributed by atoms with Gasteiger partial charge in [0.2, 0.25) is 10.0 Å². The van der Waals surface area contributed by atoms with E-state index in [1.165, 1.54) is 22.6 Å². The molecule has 1 aromatic heterocycles. The zero-order valence-corrected chi connectivity index (χ0v) is 25.1. The zero-order chi connectivity index (χ0) is 28.6. The van der Waals surface area contributed by atoms with Crippen LogP contribution in [-0.2, 0) is 24.6 Å². The predicted molar refractivity (Wildman–Crippen MR) is 149 cm³/mol. The van der Waals surface area contributed by atoms with Gasteiger partial charge in [0.1, 0.15) is 23.4 Å². The van der Waals surface area contributed by atoms with E-state index in [-0.39, 0.29) is 29.0 Å². The number of pyridine rings is 1. The lowest BCUT2D eigenvalue weighted by molar-refractivity contribution is -0.0312. The van der Waals surface area contributed by atoms with E-state index >= 15 is 0 Å². The number of piperidine rings is 1. The fourth-order valence-corrected chi connectivity index (χ4v) is 9.11. The maximum absolute atomic E-state index is 13.0. The summed E-state index contributed by atoms with van der Waals surface area (Å²) in [6.45, 7) is 0.989. The lowest BCUT2D eigenvalue weighted by Gasteiger charge is -2.38. The fourth-order valence-electron chi connectivity index (χ4n) is 5.33. The van der Waals surface area contributed by atoms with Crippen molar-refractivity contribution in [2.45, 2.75) is 64.4 Å². The molecule has 2 aromatic rings. The molecule has 0 radical (unpaired) electrons. The quantitative estimate of drug-likeness (QED) is 0.323. The van der Waals surface area contributed by atoms with Gasteiger partial charge < -0.3 is 25.0 Å². The minimum atomic E-state index is -3.66. The second kappa shape index (κ2) is 11.6. The van der Waals surface area contributed by atoms with Gasteiger partial charge >= 0.3 is 0 Å². The Balaban J connectivity index is 1.07. The number of halogens is 1. The highest BCUT2D eigenvalue weighted by molar-refractivity contribution is 9.10. The molecule has 1 aromatic carbocycles. The summed E-state index contributed by atoms with van der Waals surface area (Å²) in [7, 11) is -7.29. The fraction of sp³-hybridized carbons (Fsp3) is 0.577. The molecule has 3 aliphatic rings. The van der Waals surface area contributed by atoms with Gasteiger partial charge in [0.25, 0.3) is 0 Å². The standard InChI is InChI=1S/C26H34BrN3O8S2/c27-19-10-24(15-28-13-19)40(35,36)30-8-6-25(7-9-30)12-20(16-38-25)29-14-21(32)17-37-22-2-1-3-23(11-22)39(33,34)26(18-31)4-5-26/h1-3,10-11,13,15,20-21,29,31-32H,4-9,12,14,16-18H2/t20-,21?/m0/s1. The van der Waals surface area contributed by atoms with Gasteiger partial charge in [-0.05, 0) is 72.3 Å². The van der Waals surface area contributed by atoms with E-state index in [4.69, 9.17) is 9.47 Å². The number of nitrogens with one attached hydrogen (secondary N) is 1. The van der Waals surface area contributed by atoms with Crippen molar-refractivity contribution in [1.82, 2.24) is 14.6 Å². The third kappa shape index (κ3) is 6.09. The average Bonchev–Trinajstić information content (AvgIpc) is 3.67. The molecule has 1 spiro atoms. The van der Waals surface area contributed by atoms with Gasteiger partial charge in [-0.15, -0.1) is 0 Å². The van der Waals surface area contributed by atoms with Gasteiger partial charge in [0, 0.05) is 42.5 Å². The lowest BCUT2D eigenvalue weighted by Crippen LogP contribution is -2.47. The molecule has 5 rings (SSSR count). The van der Waals surface area contributed by atoms with E-state index in [1.807, 2.05) is 0 Å².